The van der Waals surface area contributed by atoms with E-state index in [-0.39, 0.29) is 23.5 Å². The van der Waals surface area contributed by atoms with Crippen molar-refractivity contribution in [2.24, 2.45) is 5.92 Å². The SMILES string of the molecule is CC(C)(C)OC(=O)N1CC[C@@H](CS(=O)(=O)Cc2cccnc2)C1. The molecule has 1 saturated heterocycles. The van der Waals surface area contributed by atoms with Crippen LogP contribution >= 0.6 is 0 Å². The van der Waals surface area contributed by atoms with Crippen molar-refractivity contribution in [1.82, 2.24) is 9.88 Å². The van der Waals surface area contributed by atoms with Crippen molar-refractivity contribution in [3.8, 4) is 0 Å². The molecule has 128 valence electrons. The quantitative estimate of drug-likeness (QED) is 0.840. The fourth-order valence-electron chi connectivity index (χ4n) is 2.62. The van der Waals surface area contributed by atoms with Crippen LogP contribution in [0.1, 0.15) is 32.8 Å². The Morgan fingerprint density at radius 2 is 2.17 bits per heavy atom. The fourth-order valence-corrected chi connectivity index (χ4v) is 4.40. The molecule has 6 nitrogen and oxygen atoms in total. The summed E-state index contributed by atoms with van der Waals surface area (Å²) in [5.74, 6) is 0.0366. The second-order valence-corrected chi connectivity index (χ2v) is 9.11. The van der Waals surface area contributed by atoms with Gasteiger partial charge in [0, 0.05) is 25.5 Å². The van der Waals surface area contributed by atoms with E-state index >= 15 is 0 Å². The molecule has 1 aromatic rings. The number of sulfone groups is 1. The number of amides is 1. The summed E-state index contributed by atoms with van der Waals surface area (Å²) in [7, 11) is -3.22. The highest BCUT2D eigenvalue weighted by atomic mass is 32.2. The molecule has 0 N–H and O–H groups in total. The summed E-state index contributed by atoms with van der Waals surface area (Å²) in [6.07, 6.45) is 3.50. The molecular formula is C16H24N2O4S. The second-order valence-electron chi connectivity index (χ2n) is 7.00. The number of carbonyl (C=O) groups excluding carboxylic acids is 1. The first-order valence-corrected chi connectivity index (χ1v) is 9.54. The van der Waals surface area contributed by atoms with E-state index in [2.05, 4.69) is 4.98 Å². The molecule has 0 saturated carbocycles. The molecule has 2 rings (SSSR count). The minimum Gasteiger partial charge on any atom is -0.444 e. The van der Waals surface area contributed by atoms with Gasteiger partial charge < -0.3 is 9.64 Å². The van der Waals surface area contributed by atoms with Crippen LogP contribution in [0.25, 0.3) is 0 Å². The Hall–Kier alpha value is -1.63. The van der Waals surface area contributed by atoms with E-state index in [1.54, 1.807) is 29.4 Å². The number of carbonyl (C=O) groups is 1. The standard InChI is InChI=1S/C16H24N2O4S/c1-16(2,3)22-15(19)18-8-6-14(10-18)12-23(20,21)11-13-5-4-7-17-9-13/h4-5,7,9,14H,6,8,10-12H2,1-3H3/t14-/m1/s1. The van der Waals surface area contributed by atoms with Gasteiger partial charge in [-0.05, 0) is 44.7 Å². The van der Waals surface area contributed by atoms with Gasteiger partial charge in [0.15, 0.2) is 9.84 Å². The van der Waals surface area contributed by atoms with Crippen molar-refractivity contribution in [1.29, 1.82) is 0 Å². The van der Waals surface area contributed by atoms with Crippen LogP contribution in [-0.2, 0) is 20.3 Å². The summed E-state index contributed by atoms with van der Waals surface area (Å²) < 4.78 is 29.9. The lowest BCUT2D eigenvalue weighted by Crippen LogP contribution is -2.35. The summed E-state index contributed by atoms with van der Waals surface area (Å²) in [6.45, 7) is 6.42. The van der Waals surface area contributed by atoms with Crippen LogP contribution < -0.4 is 0 Å². The summed E-state index contributed by atoms with van der Waals surface area (Å²) in [5, 5.41) is 0. The molecule has 0 radical (unpaired) electrons. The Labute approximate surface area is 137 Å². The van der Waals surface area contributed by atoms with Gasteiger partial charge in [-0.25, -0.2) is 13.2 Å². The molecule has 1 aliphatic rings. The van der Waals surface area contributed by atoms with Gasteiger partial charge in [-0.2, -0.15) is 0 Å². The predicted octanol–water partition coefficient (Wildman–Crippen LogP) is 2.25. The molecule has 0 spiro atoms. The molecule has 1 aromatic heterocycles. The lowest BCUT2D eigenvalue weighted by molar-refractivity contribution is 0.0289. The topological polar surface area (TPSA) is 76.6 Å². The minimum atomic E-state index is -3.22. The molecule has 1 atom stereocenters. The smallest absolute Gasteiger partial charge is 0.410 e. The average Bonchev–Trinajstić information content (AvgIpc) is 2.85. The summed E-state index contributed by atoms with van der Waals surface area (Å²) >= 11 is 0. The predicted molar refractivity (Wildman–Crippen MR) is 87.6 cm³/mol. The van der Waals surface area contributed by atoms with E-state index in [4.69, 9.17) is 4.74 Å². The van der Waals surface area contributed by atoms with Crippen LogP contribution in [-0.4, -0.2) is 48.8 Å². The van der Waals surface area contributed by atoms with Crippen LogP contribution in [0.15, 0.2) is 24.5 Å². The maximum Gasteiger partial charge on any atom is 0.410 e. The third kappa shape index (κ3) is 5.82. The monoisotopic (exact) mass is 340 g/mol. The molecule has 0 aliphatic carbocycles. The van der Waals surface area contributed by atoms with E-state index in [0.29, 0.717) is 25.1 Å². The number of rotatable bonds is 4. The van der Waals surface area contributed by atoms with Gasteiger partial charge in [0.1, 0.15) is 5.60 Å². The Balaban J connectivity index is 1.88. The highest BCUT2D eigenvalue weighted by molar-refractivity contribution is 7.90. The molecule has 1 aliphatic heterocycles. The fraction of sp³-hybridized carbons (Fsp3) is 0.625. The van der Waals surface area contributed by atoms with Crippen molar-refractivity contribution in [3.63, 3.8) is 0 Å². The lowest BCUT2D eigenvalue weighted by Gasteiger charge is -2.24. The number of nitrogens with zero attached hydrogens (tertiary/aromatic N) is 2. The van der Waals surface area contributed by atoms with Gasteiger partial charge in [-0.3, -0.25) is 4.98 Å². The summed E-state index contributed by atoms with van der Waals surface area (Å²) in [4.78, 5) is 17.5. The van der Waals surface area contributed by atoms with Crippen LogP contribution in [0.4, 0.5) is 4.79 Å². The Morgan fingerprint density at radius 3 is 2.78 bits per heavy atom. The van der Waals surface area contributed by atoms with Crippen molar-refractivity contribution in [2.45, 2.75) is 38.5 Å². The third-order valence-electron chi connectivity index (χ3n) is 3.54. The molecule has 7 heteroatoms. The summed E-state index contributed by atoms with van der Waals surface area (Å²) in [5.41, 5.74) is 0.149. The van der Waals surface area contributed by atoms with Crippen LogP contribution in [0.3, 0.4) is 0 Å². The lowest BCUT2D eigenvalue weighted by atomic mass is 10.2. The Bertz CT molecular complexity index is 638. The molecule has 1 amide bonds. The molecule has 1 fully saturated rings. The van der Waals surface area contributed by atoms with Crippen molar-refractivity contribution >= 4 is 15.9 Å². The minimum absolute atomic E-state index is 0.0101. The van der Waals surface area contributed by atoms with Gasteiger partial charge in [0.25, 0.3) is 0 Å². The van der Waals surface area contributed by atoms with Crippen molar-refractivity contribution < 1.29 is 17.9 Å². The molecular weight excluding hydrogens is 316 g/mol. The number of hydrogen-bond acceptors (Lipinski definition) is 5. The normalized spacial score (nSPS) is 18.9. The zero-order valence-corrected chi connectivity index (χ0v) is 14.7. The second kappa shape index (κ2) is 6.86. The van der Waals surface area contributed by atoms with E-state index in [9.17, 15) is 13.2 Å². The highest BCUT2D eigenvalue weighted by Gasteiger charge is 2.32. The Morgan fingerprint density at radius 1 is 1.43 bits per heavy atom. The van der Waals surface area contributed by atoms with Gasteiger partial charge in [-0.1, -0.05) is 6.07 Å². The van der Waals surface area contributed by atoms with Crippen LogP contribution in [0.2, 0.25) is 0 Å². The molecule has 0 bridgehead atoms. The molecule has 0 unspecified atom stereocenters. The largest absolute Gasteiger partial charge is 0.444 e. The van der Waals surface area contributed by atoms with E-state index in [1.807, 2.05) is 20.8 Å². The van der Waals surface area contributed by atoms with E-state index < -0.39 is 15.4 Å². The maximum atomic E-state index is 12.3. The first-order valence-electron chi connectivity index (χ1n) is 7.72. The molecule has 2 heterocycles. The zero-order valence-electron chi connectivity index (χ0n) is 13.9. The van der Waals surface area contributed by atoms with Crippen molar-refractivity contribution in [2.75, 3.05) is 18.8 Å². The highest BCUT2D eigenvalue weighted by Crippen LogP contribution is 2.22. The van der Waals surface area contributed by atoms with E-state index in [0.717, 1.165) is 0 Å². The number of pyridine rings is 1. The first kappa shape index (κ1) is 17.7. The van der Waals surface area contributed by atoms with Gasteiger partial charge in [-0.15, -0.1) is 0 Å². The van der Waals surface area contributed by atoms with Crippen LogP contribution in [0, 0.1) is 5.92 Å². The zero-order chi connectivity index (χ0) is 17.1. The molecule has 23 heavy (non-hydrogen) atoms. The maximum absolute atomic E-state index is 12.3. The number of ether oxygens (including phenoxy) is 1. The van der Waals surface area contributed by atoms with Crippen molar-refractivity contribution in [3.05, 3.63) is 30.1 Å². The van der Waals surface area contributed by atoms with Crippen LogP contribution in [0.5, 0.6) is 0 Å². The van der Waals surface area contributed by atoms with Gasteiger partial charge >= 0.3 is 6.09 Å². The van der Waals surface area contributed by atoms with E-state index in [1.165, 1.54) is 0 Å². The number of hydrogen-bond donors (Lipinski definition) is 0. The number of aromatic nitrogens is 1. The third-order valence-corrected chi connectivity index (χ3v) is 5.29. The van der Waals surface area contributed by atoms with Gasteiger partial charge in [0.05, 0.1) is 11.5 Å². The Kier molecular flexibility index (Phi) is 5.29. The molecule has 0 aromatic carbocycles. The summed E-state index contributed by atoms with van der Waals surface area (Å²) in [6, 6.07) is 3.48. The van der Waals surface area contributed by atoms with Gasteiger partial charge in [0.2, 0.25) is 0 Å². The number of likely N-dealkylation sites (tertiary alicyclic amines) is 1. The average molecular weight is 340 g/mol. The first-order chi connectivity index (χ1) is 10.6.